The first-order valence-electron chi connectivity index (χ1n) is 9.84. The van der Waals surface area contributed by atoms with Gasteiger partial charge < -0.3 is 19.3 Å². The minimum absolute atomic E-state index is 0.149. The quantitative estimate of drug-likeness (QED) is 0.407. The van der Waals surface area contributed by atoms with Crippen molar-refractivity contribution in [2.45, 2.75) is 25.3 Å². The largest absolute Gasteiger partial charge is 0.491 e. The summed E-state index contributed by atoms with van der Waals surface area (Å²) in [6.07, 6.45) is -5.09. The number of benzene rings is 3. The predicted octanol–water partition coefficient (Wildman–Crippen LogP) is 5.98. The van der Waals surface area contributed by atoms with Crippen molar-refractivity contribution in [1.82, 2.24) is 0 Å². The Morgan fingerprint density at radius 3 is 2.25 bits per heavy atom. The molecule has 3 aromatic carbocycles. The molecule has 1 unspecified atom stereocenters. The Labute approximate surface area is 183 Å². The maximum atomic E-state index is 14.1. The Morgan fingerprint density at radius 2 is 1.59 bits per heavy atom. The average molecular weight is 450 g/mol. The summed E-state index contributed by atoms with van der Waals surface area (Å²) in [4.78, 5) is 0. The van der Waals surface area contributed by atoms with E-state index in [9.17, 15) is 22.7 Å². The lowest BCUT2D eigenvalue weighted by Gasteiger charge is -2.31. The van der Waals surface area contributed by atoms with Crippen LogP contribution in [-0.4, -0.2) is 24.5 Å². The van der Waals surface area contributed by atoms with Crippen molar-refractivity contribution in [3.05, 3.63) is 89.7 Å². The number of halogens is 4. The molecule has 0 heterocycles. The van der Waals surface area contributed by atoms with Gasteiger partial charge in [0.15, 0.2) is 11.6 Å². The Balaban J connectivity index is 1.71. The lowest BCUT2D eigenvalue weighted by atomic mass is 9.93. The van der Waals surface area contributed by atoms with E-state index in [4.69, 9.17) is 14.2 Å². The number of hydrogen-bond acceptors (Lipinski definition) is 4. The second-order valence-electron chi connectivity index (χ2n) is 6.99. The van der Waals surface area contributed by atoms with Crippen molar-refractivity contribution < 1.29 is 36.9 Å². The summed E-state index contributed by atoms with van der Waals surface area (Å²) in [5.41, 5.74) is -3.52. The van der Waals surface area contributed by atoms with Gasteiger partial charge in [0.2, 0.25) is 5.60 Å². The van der Waals surface area contributed by atoms with Crippen molar-refractivity contribution in [2.24, 2.45) is 0 Å². The third-order valence-electron chi connectivity index (χ3n) is 4.64. The summed E-state index contributed by atoms with van der Waals surface area (Å²) < 4.78 is 71.1. The molecule has 0 saturated carbocycles. The molecule has 0 aromatic heterocycles. The second kappa shape index (κ2) is 10.0. The molecule has 32 heavy (non-hydrogen) atoms. The van der Waals surface area contributed by atoms with Gasteiger partial charge in [-0.25, -0.2) is 4.39 Å². The molecule has 1 atom stereocenters. The minimum atomic E-state index is -5.09. The third kappa shape index (κ3) is 5.57. The van der Waals surface area contributed by atoms with E-state index in [1.54, 1.807) is 43.3 Å². The number of para-hydroxylation sites is 1. The fraction of sp³-hybridized carbons (Fsp3) is 0.250. The fourth-order valence-corrected chi connectivity index (χ4v) is 3.00. The molecule has 0 spiro atoms. The monoisotopic (exact) mass is 450 g/mol. The topological polar surface area (TPSA) is 47.9 Å². The zero-order chi connectivity index (χ0) is 23.2. The van der Waals surface area contributed by atoms with Gasteiger partial charge in [-0.15, -0.1) is 0 Å². The molecule has 0 aliphatic carbocycles. The average Bonchev–Trinajstić information content (AvgIpc) is 2.75. The molecule has 0 aliphatic heterocycles. The number of hydrogen-bond donors (Lipinski definition) is 1. The maximum absolute atomic E-state index is 14.1. The van der Waals surface area contributed by atoms with E-state index in [2.05, 4.69) is 0 Å². The molecule has 1 N–H and O–H groups in total. The van der Waals surface area contributed by atoms with Gasteiger partial charge in [-0.05, 0) is 54.4 Å². The van der Waals surface area contributed by atoms with Crippen LogP contribution in [0.5, 0.6) is 17.2 Å². The Morgan fingerprint density at radius 1 is 0.875 bits per heavy atom. The molecule has 0 amide bonds. The van der Waals surface area contributed by atoms with Crippen LogP contribution in [0.3, 0.4) is 0 Å². The molecule has 8 heteroatoms. The molecular weight excluding hydrogens is 428 g/mol. The fourth-order valence-electron chi connectivity index (χ4n) is 3.00. The van der Waals surface area contributed by atoms with E-state index in [0.717, 1.165) is 12.1 Å². The van der Waals surface area contributed by atoms with Gasteiger partial charge in [0, 0.05) is 0 Å². The second-order valence-corrected chi connectivity index (χ2v) is 6.99. The van der Waals surface area contributed by atoms with Crippen LogP contribution in [0.4, 0.5) is 17.6 Å². The highest BCUT2D eigenvalue weighted by Crippen LogP contribution is 2.40. The smallest absolute Gasteiger partial charge is 0.423 e. The van der Waals surface area contributed by atoms with Crippen molar-refractivity contribution in [2.75, 3.05) is 13.2 Å². The zero-order valence-corrected chi connectivity index (χ0v) is 17.2. The van der Waals surface area contributed by atoms with Crippen molar-refractivity contribution >= 4 is 0 Å². The van der Waals surface area contributed by atoms with Gasteiger partial charge >= 0.3 is 6.18 Å². The standard InChI is InChI=1S/C24H22F4O4/c1-2-31-22-12-11-18(14-21(22)25)23(29,24(26,27)28)16-30-15-17-7-6-10-20(13-17)32-19-8-4-3-5-9-19/h3-14,29H,2,15-16H2,1H3. The van der Waals surface area contributed by atoms with Crippen molar-refractivity contribution in [3.8, 4) is 17.2 Å². The molecule has 0 aliphatic rings. The third-order valence-corrected chi connectivity index (χ3v) is 4.64. The highest BCUT2D eigenvalue weighted by atomic mass is 19.4. The van der Waals surface area contributed by atoms with Crippen LogP contribution in [-0.2, 0) is 16.9 Å². The van der Waals surface area contributed by atoms with Gasteiger partial charge in [0.25, 0.3) is 0 Å². The first-order valence-corrected chi connectivity index (χ1v) is 9.84. The first kappa shape index (κ1) is 23.6. The minimum Gasteiger partial charge on any atom is -0.491 e. The number of ether oxygens (including phenoxy) is 3. The Hall–Kier alpha value is -3.10. The van der Waals surface area contributed by atoms with E-state index >= 15 is 0 Å². The summed E-state index contributed by atoms with van der Waals surface area (Å²) in [5.74, 6) is -0.110. The molecule has 3 aromatic rings. The van der Waals surface area contributed by atoms with Crippen LogP contribution < -0.4 is 9.47 Å². The first-order chi connectivity index (χ1) is 15.2. The van der Waals surface area contributed by atoms with Gasteiger partial charge in [-0.2, -0.15) is 13.2 Å². The summed E-state index contributed by atoms with van der Waals surface area (Å²) in [6.45, 7) is 0.431. The number of alkyl halides is 3. The summed E-state index contributed by atoms with van der Waals surface area (Å²) >= 11 is 0. The van der Waals surface area contributed by atoms with Gasteiger partial charge in [0.05, 0.1) is 19.8 Å². The van der Waals surface area contributed by atoms with Crippen LogP contribution in [0, 0.1) is 5.82 Å². The van der Waals surface area contributed by atoms with Crippen LogP contribution in [0.2, 0.25) is 0 Å². The Kier molecular flexibility index (Phi) is 7.37. The highest BCUT2D eigenvalue weighted by Gasteiger charge is 2.55. The molecule has 170 valence electrons. The molecule has 4 nitrogen and oxygen atoms in total. The SMILES string of the molecule is CCOc1ccc(C(O)(COCc2cccc(Oc3ccccc3)c2)C(F)(F)F)cc1F. The van der Waals surface area contributed by atoms with Crippen LogP contribution in [0.25, 0.3) is 0 Å². The zero-order valence-electron chi connectivity index (χ0n) is 17.2. The van der Waals surface area contributed by atoms with E-state index in [0.29, 0.717) is 23.1 Å². The molecule has 3 rings (SSSR count). The van der Waals surface area contributed by atoms with Crippen LogP contribution >= 0.6 is 0 Å². The molecule has 0 saturated heterocycles. The van der Waals surface area contributed by atoms with E-state index in [1.165, 1.54) is 0 Å². The van der Waals surface area contributed by atoms with Crippen LogP contribution in [0.1, 0.15) is 18.1 Å². The molecular formula is C24H22F4O4. The molecule has 0 radical (unpaired) electrons. The van der Waals surface area contributed by atoms with Crippen molar-refractivity contribution in [3.63, 3.8) is 0 Å². The van der Waals surface area contributed by atoms with Gasteiger partial charge in [-0.3, -0.25) is 0 Å². The summed E-state index contributed by atoms with van der Waals surface area (Å²) in [7, 11) is 0. The molecule has 0 fully saturated rings. The summed E-state index contributed by atoms with van der Waals surface area (Å²) in [5, 5.41) is 10.4. The number of aliphatic hydroxyl groups is 1. The molecule has 0 bridgehead atoms. The van der Waals surface area contributed by atoms with E-state index in [-0.39, 0.29) is 19.0 Å². The highest BCUT2D eigenvalue weighted by molar-refractivity contribution is 5.35. The van der Waals surface area contributed by atoms with Crippen LogP contribution in [0.15, 0.2) is 72.8 Å². The lowest BCUT2D eigenvalue weighted by Crippen LogP contribution is -2.46. The number of rotatable bonds is 9. The predicted molar refractivity (Wildman–Crippen MR) is 110 cm³/mol. The van der Waals surface area contributed by atoms with E-state index in [1.807, 2.05) is 18.2 Å². The normalized spacial score (nSPS) is 13.4. The maximum Gasteiger partial charge on any atom is 0.423 e. The van der Waals surface area contributed by atoms with E-state index < -0.39 is 29.8 Å². The van der Waals surface area contributed by atoms with Gasteiger partial charge in [0.1, 0.15) is 11.5 Å². The Bertz CT molecular complexity index is 1020. The van der Waals surface area contributed by atoms with Gasteiger partial charge in [-0.1, -0.05) is 36.4 Å². The van der Waals surface area contributed by atoms with Crippen molar-refractivity contribution in [1.29, 1.82) is 0 Å². The lowest BCUT2D eigenvalue weighted by molar-refractivity contribution is -0.283. The summed E-state index contributed by atoms with van der Waals surface area (Å²) in [6, 6.07) is 18.3.